The second kappa shape index (κ2) is 6.41. The number of carbonyl (C=O) groups is 1. The number of thiazole rings is 1. The minimum Gasteiger partial charge on any atom is -0.378 e. The summed E-state index contributed by atoms with van der Waals surface area (Å²) in [6.45, 7) is 2.76. The number of nitrogens with two attached hydrogens (primary N) is 1. The van der Waals surface area contributed by atoms with E-state index >= 15 is 0 Å². The Morgan fingerprint density at radius 3 is 3.17 bits per heavy atom. The molecular formula is C13H20N2O2S. The maximum Gasteiger partial charge on any atom is 0.182 e. The maximum atomic E-state index is 11.9. The molecule has 0 aromatic carbocycles. The molecule has 5 heteroatoms. The predicted octanol–water partition coefficient (Wildman–Crippen LogP) is 2.69. The Balaban J connectivity index is 1.76. The van der Waals surface area contributed by atoms with Gasteiger partial charge >= 0.3 is 0 Å². The number of aromatic nitrogens is 1. The van der Waals surface area contributed by atoms with Crippen LogP contribution in [0.1, 0.15) is 60.6 Å². The second-order valence-corrected chi connectivity index (χ2v) is 5.70. The van der Waals surface area contributed by atoms with Gasteiger partial charge in [-0.1, -0.05) is 0 Å². The number of hydrogen-bond donors (Lipinski definition) is 1. The molecule has 1 aromatic rings. The molecular weight excluding hydrogens is 248 g/mol. The van der Waals surface area contributed by atoms with Crippen LogP contribution in [0.15, 0.2) is 5.38 Å². The average molecular weight is 268 g/mol. The first-order chi connectivity index (χ1) is 8.66. The number of hydrogen-bond acceptors (Lipinski definition) is 5. The lowest BCUT2D eigenvalue weighted by molar-refractivity contribution is 0.0919. The summed E-state index contributed by atoms with van der Waals surface area (Å²) in [6, 6.07) is -0.0940. The summed E-state index contributed by atoms with van der Waals surface area (Å²) in [5.74, 6) is 0.121. The third-order valence-electron chi connectivity index (χ3n) is 3.15. The van der Waals surface area contributed by atoms with E-state index in [-0.39, 0.29) is 11.8 Å². The molecule has 0 aliphatic carbocycles. The fraction of sp³-hybridized carbons (Fsp3) is 0.692. The third-order valence-corrected chi connectivity index (χ3v) is 4.20. The van der Waals surface area contributed by atoms with E-state index in [0.29, 0.717) is 18.2 Å². The van der Waals surface area contributed by atoms with Crippen LogP contribution >= 0.6 is 11.3 Å². The fourth-order valence-electron chi connectivity index (χ4n) is 2.12. The molecule has 0 radical (unpaired) electrons. The van der Waals surface area contributed by atoms with Gasteiger partial charge in [0, 0.05) is 18.4 Å². The van der Waals surface area contributed by atoms with Crippen molar-refractivity contribution in [2.45, 2.75) is 51.2 Å². The monoisotopic (exact) mass is 268 g/mol. The van der Waals surface area contributed by atoms with Crippen molar-refractivity contribution in [2.75, 3.05) is 6.61 Å². The molecule has 0 amide bonds. The molecule has 0 spiro atoms. The minimum atomic E-state index is -0.0940. The lowest BCUT2D eigenvalue weighted by Gasteiger charge is -2.07. The zero-order valence-corrected chi connectivity index (χ0v) is 11.5. The van der Waals surface area contributed by atoms with E-state index in [1.54, 1.807) is 0 Å². The van der Waals surface area contributed by atoms with Crippen LogP contribution in [0, 0.1) is 0 Å². The summed E-state index contributed by atoms with van der Waals surface area (Å²) in [5.41, 5.74) is 6.30. The number of rotatable bonds is 6. The Morgan fingerprint density at radius 1 is 1.72 bits per heavy atom. The summed E-state index contributed by atoms with van der Waals surface area (Å²) in [4.78, 5) is 16.2. The summed E-state index contributed by atoms with van der Waals surface area (Å²) in [5, 5.41) is 2.64. The lowest BCUT2D eigenvalue weighted by atomic mass is 10.1. The molecule has 100 valence electrons. The van der Waals surface area contributed by atoms with Crippen molar-refractivity contribution >= 4 is 17.1 Å². The molecule has 1 aromatic heterocycles. The first kappa shape index (κ1) is 13.6. The van der Waals surface area contributed by atoms with Crippen LogP contribution in [0.2, 0.25) is 0 Å². The number of nitrogens with zero attached hydrogens (tertiary/aromatic N) is 1. The highest BCUT2D eigenvalue weighted by Crippen LogP contribution is 2.20. The topological polar surface area (TPSA) is 65.2 Å². The van der Waals surface area contributed by atoms with Crippen LogP contribution in [-0.2, 0) is 4.74 Å². The number of carbonyl (C=O) groups excluding carboxylic acids is 1. The van der Waals surface area contributed by atoms with Gasteiger partial charge in [-0.3, -0.25) is 4.79 Å². The Morgan fingerprint density at radius 2 is 2.56 bits per heavy atom. The molecule has 0 saturated carbocycles. The Bertz CT molecular complexity index is 397. The van der Waals surface area contributed by atoms with Crippen molar-refractivity contribution < 1.29 is 9.53 Å². The Kier molecular flexibility index (Phi) is 4.86. The van der Waals surface area contributed by atoms with Gasteiger partial charge in [-0.2, -0.15) is 0 Å². The van der Waals surface area contributed by atoms with Crippen molar-refractivity contribution in [3.8, 4) is 0 Å². The first-order valence-corrected chi connectivity index (χ1v) is 7.40. The Labute approximate surface area is 112 Å². The molecule has 2 heterocycles. The van der Waals surface area contributed by atoms with Gasteiger partial charge < -0.3 is 10.5 Å². The highest BCUT2D eigenvalue weighted by Gasteiger charge is 2.17. The molecule has 0 bridgehead atoms. The van der Waals surface area contributed by atoms with Crippen molar-refractivity contribution in [3.63, 3.8) is 0 Å². The smallest absolute Gasteiger partial charge is 0.182 e. The van der Waals surface area contributed by atoms with Gasteiger partial charge in [0.05, 0.1) is 12.1 Å². The third kappa shape index (κ3) is 3.60. The fourth-order valence-corrected chi connectivity index (χ4v) is 2.90. The molecule has 1 fully saturated rings. The normalized spacial score (nSPS) is 21.1. The van der Waals surface area contributed by atoms with E-state index in [1.807, 2.05) is 12.3 Å². The molecule has 4 nitrogen and oxygen atoms in total. The van der Waals surface area contributed by atoms with Crippen LogP contribution in [0.3, 0.4) is 0 Å². The SMILES string of the molecule is CC(N)c1nc(C(=O)CCCC2CCCO2)cs1. The molecule has 2 N–H and O–H groups in total. The quantitative estimate of drug-likeness (QED) is 0.806. The van der Waals surface area contributed by atoms with Crippen molar-refractivity contribution in [3.05, 3.63) is 16.1 Å². The average Bonchev–Trinajstić information content (AvgIpc) is 2.99. The van der Waals surface area contributed by atoms with E-state index in [4.69, 9.17) is 10.5 Å². The summed E-state index contributed by atoms with van der Waals surface area (Å²) in [7, 11) is 0. The van der Waals surface area contributed by atoms with E-state index in [1.165, 1.54) is 11.3 Å². The van der Waals surface area contributed by atoms with Crippen LogP contribution in [0.5, 0.6) is 0 Å². The second-order valence-electron chi connectivity index (χ2n) is 4.81. The van der Waals surface area contributed by atoms with Crippen molar-refractivity contribution in [1.29, 1.82) is 0 Å². The number of ether oxygens (including phenoxy) is 1. The molecule has 1 saturated heterocycles. The van der Waals surface area contributed by atoms with Gasteiger partial charge in [0.15, 0.2) is 5.78 Å². The molecule has 1 aliphatic rings. The predicted molar refractivity (Wildman–Crippen MR) is 71.9 cm³/mol. The van der Waals surface area contributed by atoms with E-state index in [9.17, 15) is 4.79 Å². The van der Waals surface area contributed by atoms with Gasteiger partial charge in [0.25, 0.3) is 0 Å². The van der Waals surface area contributed by atoms with Gasteiger partial charge in [0.1, 0.15) is 10.7 Å². The van der Waals surface area contributed by atoms with Gasteiger partial charge in [-0.25, -0.2) is 4.98 Å². The summed E-state index contributed by atoms with van der Waals surface area (Å²) >= 11 is 1.46. The van der Waals surface area contributed by atoms with E-state index in [2.05, 4.69) is 4.98 Å². The zero-order chi connectivity index (χ0) is 13.0. The summed E-state index contributed by atoms with van der Waals surface area (Å²) in [6.07, 6.45) is 5.09. The highest BCUT2D eigenvalue weighted by atomic mass is 32.1. The van der Waals surface area contributed by atoms with Crippen LogP contribution < -0.4 is 5.73 Å². The van der Waals surface area contributed by atoms with E-state index < -0.39 is 0 Å². The van der Waals surface area contributed by atoms with E-state index in [0.717, 1.165) is 37.3 Å². The van der Waals surface area contributed by atoms with Crippen LogP contribution in [0.4, 0.5) is 0 Å². The van der Waals surface area contributed by atoms with Gasteiger partial charge in [-0.05, 0) is 32.6 Å². The molecule has 2 rings (SSSR count). The highest BCUT2D eigenvalue weighted by molar-refractivity contribution is 7.09. The van der Waals surface area contributed by atoms with Crippen LogP contribution in [0.25, 0.3) is 0 Å². The number of ketones is 1. The molecule has 18 heavy (non-hydrogen) atoms. The summed E-state index contributed by atoms with van der Waals surface area (Å²) < 4.78 is 5.53. The molecule has 2 unspecified atom stereocenters. The molecule has 2 atom stereocenters. The van der Waals surface area contributed by atoms with Crippen molar-refractivity contribution in [2.24, 2.45) is 5.73 Å². The molecule has 1 aliphatic heterocycles. The van der Waals surface area contributed by atoms with Crippen LogP contribution in [-0.4, -0.2) is 23.5 Å². The number of Topliss-reactive ketones (excluding diaryl/α,β-unsaturated/α-hetero) is 1. The lowest BCUT2D eigenvalue weighted by Crippen LogP contribution is -2.08. The zero-order valence-electron chi connectivity index (χ0n) is 10.7. The van der Waals surface area contributed by atoms with Gasteiger partial charge in [0.2, 0.25) is 0 Å². The maximum absolute atomic E-state index is 11.9. The largest absolute Gasteiger partial charge is 0.378 e. The first-order valence-electron chi connectivity index (χ1n) is 6.52. The van der Waals surface area contributed by atoms with Gasteiger partial charge in [-0.15, -0.1) is 11.3 Å². The minimum absolute atomic E-state index is 0.0940. The Hall–Kier alpha value is -0.780. The van der Waals surface area contributed by atoms with Crippen molar-refractivity contribution in [1.82, 2.24) is 4.98 Å². The standard InChI is InChI=1S/C13H20N2O2S/c1-9(14)13-15-11(8-18-13)12(16)6-2-4-10-5-3-7-17-10/h8-10H,2-7,14H2,1H3.